The molecule has 5 rings (SSSR count). The van der Waals surface area contributed by atoms with Gasteiger partial charge in [0.05, 0.1) is 6.54 Å². The molecule has 0 atom stereocenters. The fraction of sp³-hybridized carbons (Fsp3) is 0.346. The predicted molar refractivity (Wildman–Crippen MR) is 128 cm³/mol. The van der Waals surface area contributed by atoms with Crippen LogP contribution in [0.3, 0.4) is 0 Å². The maximum Gasteiger partial charge on any atom is 0.274 e. The molecule has 170 valence electrons. The number of nitrogens with zero attached hydrogens (tertiary/aromatic N) is 4. The SMILES string of the molecule is Cc1cc(C)cc(C(=O)N2CCc3[nH]nc(C(=O)N4CCN(c5ccccc5)CC4)c3C2)c1. The van der Waals surface area contributed by atoms with E-state index in [4.69, 9.17) is 0 Å². The van der Waals surface area contributed by atoms with Gasteiger partial charge in [0.1, 0.15) is 0 Å². The van der Waals surface area contributed by atoms with Gasteiger partial charge in [-0.25, -0.2) is 0 Å². The number of anilines is 1. The number of carbonyl (C=O) groups is 2. The van der Waals surface area contributed by atoms with Crippen LogP contribution in [0.5, 0.6) is 0 Å². The Bertz CT molecular complexity index is 1160. The van der Waals surface area contributed by atoms with Gasteiger partial charge in [0.25, 0.3) is 11.8 Å². The molecule has 0 spiro atoms. The van der Waals surface area contributed by atoms with Crippen molar-refractivity contribution in [3.05, 3.63) is 82.2 Å². The van der Waals surface area contributed by atoms with Crippen LogP contribution in [0.2, 0.25) is 0 Å². The average molecular weight is 444 g/mol. The molecular formula is C26H29N5O2. The third kappa shape index (κ3) is 4.23. The molecule has 0 bridgehead atoms. The van der Waals surface area contributed by atoms with E-state index in [0.29, 0.717) is 43.9 Å². The third-order valence-electron chi connectivity index (χ3n) is 6.58. The number of hydrogen-bond acceptors (Lipinski definition) is 4. The van der Waals surface area contributed by atoms with Gasteiger partial charge in [-0.15, -0.1) is 0 Å². The van der Waals surface area contributed by atoms with Gasteiger partial charge in [0.2, 0.25) is 0 Å². The number of para-hydroxylation sites is 1. The Hall–Kier alpha value is -3.61. The molecule has 3 aromatic rings. The van der Waals surface area contributed by atoms with Gasteiger partial charge in [0, 0.05) is 61.7 Å². The van der Waals surface area contributed by atoms with Crippen LogP contribution >= 0.6 is 0 Å². The quantitative estimate of drug-likeness (QED) is 0.675. The Balaban J connectivity index is 1.29. The van der Waals surface area contributed by atoms with Crippen molar-refractivity contribution in [1.82, 2.24) is 20.0 Å². The molecule has 1 aromatic heterocycles. The summed E-state index contributed by atoms with van der Waals surface area (Å²) < 4.78 is 0. The maximum atomic E-state index is 13.3. The average Bonchev–Trinajstić information content (AvgIpc) is 3.26. The summed E-state index contributed by atoms with van der Waals surface area (Å²) in [6, 6.07) is 16.2. The Morgan fingerprint density at radius 3 is 2.24 bits per heavy atom. The molecule has 33 heavy (non-hydrogen) atoms. The number of nitrogens with one attached hydrogen (secondary N) is 1. The van der Waals surface area contributed by atoms with E-state index in [9.17, 15) is 9.59 Å². The van der Waals surface area contributed by atoms with Gasteiger partial charge < -0.3 is 14.7 Å². The van der Waals surface area contributed by atoms with E-state index in [1.165, 1.54) is 5.69 Å². The van der Waals surface area contributed by atoms with Crippen LogP contribution in [0, 0.1) is 13.8 Å². The van der Waals surface area contributed by atoms with Crippen molar-refractivity contribution < 1.29 is 9.59 Å². The lowest BCUT2D eigenvalue weighted by Crippen LogP contribution is -2.49. The summed E-state index contributed by atoms with van der Waals surface area (Å²) in [5, 5.41) is 7.43. The first-order chi connectivity index (χ1) is 16.0. The Morgan fingerprint density at radius 2 is 1.55 bits per heavy atom. The number of aromatic nitrogens is 2. The molecular weight excluding hydrogens is 414 g/mol. The number of fused-ring (bicyclic) bond motifs is 1. The highest BCUT2D eigenvalue weighted by atomic mass is 16.2. The van der Waals surface area contributed by atoms with Gasteiger partial charge in [-0.05, 0) is 38.1 Å². The summed E-state index contributed by atoms with van der Waals surface area (Å²) in [5.41, 5.74) is 6.30. The second-order valence-corrected chi connectivity index (χ2v) is 9.00. The van der Waals surface area contributed by atoms with E-state index in [2.05, 4.69) is 33.3 Å². The Morgan fingerprint density at radius 1 is 0.848 bits per heavy atom. The van der Waals surface area contributed by atoms with E-state index in [-0.39, 0.29) is 11.8 Å². The van der Waals surface area contributed by atoms with Gasteiger partial charge in [-0.3, -0.25) is 14.7 Å². The van der Waals surface area contributed by atoms with Gasteiger partial charge in [-0.1, -0.05) is 35.4 Å². The van der Waals surface area contributed by atoms with Crippen molar-refractivity contribution in [2.24, 2.45) is 0 Å². The highest BCUT2D eigenvalue weighted by Crippen LogP contribution is 2.24. The van der Waals surface area contributed by atoms with Gasteiger partial charge >= 0.3 is 0 Å². The zero-order valence-electron chi connectivity index (χ0n) is 19.2. The zero-order chi connectivity index (χ0) is 22.9. The number of aryl methyl sites for hydroxylation is 2. The molecule has 1 fully saturated rings. The lowest BCUT2D eigenvalue weighted by molar-refractivity contribution is 0.0709. The number of aromatic amines is 1. The van der Waals surface area contributed by atoms with E-state index >= 15 is 0 Å². The first-order valence-corrected chi connectivity index (χ1v) is 11.5. The molecule has 0 aliphatic carbocycles. The molecule has 1 saturated heterocycles. The first-order valence-electron chi connectivity index (χ1n) is 11.5. The second kappa shape index (κ2) is 8.73. The van der Waals surface area contributed by atoms with Crippen LogP contribution < -0.4 is 4.90 Å². The standard InChI is InChI=1S/C26H29N5O2/c1-18-14-19(2)16-20(15-18)25(32)31-9-8-23-22(17-31)24(28-27-23)26(33)30-12-10-29(11-13-30)21-6-4-3-5-7-21/h3-7,14-16H,8-13,17H2,1-2H3,(H,27,28). The zero-order valence-corrected chi connectivity index (χ0v) is 19.2. The molecule has 7 nitrogen and oxygen atoms in total. The molecule has 7 heteroatoms. The number of piperazine rings is 1. The maximum absolute atomic E-state index is 13.3. The fourth-order valence-electron chi connectivity index (χ4n) is 4.88. The molecule has 0 unspecified atom stereocenters. The van der Waals surface area contributed by atoms with Crippen LogP contribution in [0.25, 0.3) is 0 Å². The molecule has 3 heterocycles. The lowest BCUT2D eigenvalue weighted by Gasteiger charge is -2.36. The number of amides is 2. The fourth-order valence-corrected chi connectivity index (χ4v) is 4.88. The number of rotatable bonds is 3. The van der Waals surface area contributed by atoms with E-state index in [1.54, 1.807) is 0 Å². The minimum atomic E-state index is -0.0547. The molecule has 1 N–H and O–H groups in total. The number of H-pyrrole nitrogens is 1. The highest BCUT2D eigenvalue weighted by molar-refractivity contribution is 5.96. The largest absolute Gasteiger partial charge is 0.368 e. The minimum absolute atomic E-state index is 0.00326. The monoisotopic (exact) mass is 443 g/mol. The van der Waals surface area contributed by atoms with Crippen molar-refractivity contribution in [3.63, 3.8) is 0 Å². The molecule has 2 amide bonds. The summed E-state index contributed by atoms with van der Waals surface area (Å²) in [4.78, 5) is 32.5. The van der Waals surface area contributed by atoms with Crippen LogP contribution in [0.4, 0.5) is 5.69 Å². The van der Waals surface area contributed by atoms with Crippen LogP contribution in [0.1, 0.15) is 43.2 Å². The first kappa shape index (κ1) is 21.2. The summed E-state index contributed by atoms with van der Waals surface area (Å²) >= 11 is 0. The Kier molecular flexibility index (Phi) is 5.62. The Labute approximate surface area is 194 Å². The lowest BCUT2D eigenvalue weighted by atomic mass is 10.0. The van der Waals surface area contributed by atoms with Crippen molar-refractivity contribution in [1.29, 1.82) is 0 Å². The number of carbonyl (C=O) groups excluding carboxylic acids is 2. The van der Waals surface area contributed by atoms with E-state index < -0.39 is 0 Å². The smallest absolute Gasteiger partial charge is 0.274 e. The predicted octanol–water partition coefficient (Wildman–Crippen LogP) is 3.19. The van der Waals surface area contributed by atoms with Crippen LogP contribution in [-0.4, -0.2) is 64.5 Å². The molecule has 2 aliphatic heterocycles. The minimum Gasteiger partial charge on any atom is -0.368 e. The summed E-state index contributed by atoms with van der Waals surface area (Å²) in [6.45, 7) is 7.92. The molecule has 2 aromatic carbocycles. The highest BCUT2D eigenvalue weighted by Gasteiger charge is 2.31. The number of hydrogen-bond donors (Lipinski definition) is 1. The van der Waals surface area contributed by atoms with Crippen molar-refractivity contribution in [2.45, 2.75) is 26.8 Å². The van der Waals surface area contributed by atoms with E-state index in [1.807, 2.05) is 54.0 Å². The van der Waals surface area contributed by atoms with Crippen molar-refractivity contribution in [2.75, 3.05) is 37.6 Å². The summed E-state index contributed by atoms with van der Waals surface area (Å²) in [6.07, 6.45) is 0.675. The topological polar surface area (TPSA) is 72.5 Å². The van der Waals surface area contributed by atoms with Crippen LogP contribution in [0.15, 0.2) is 48.5 Å². The van der Waals surface area contributed by atoms with Gasteiger partial charge in [-0.2, -0.15) is 5.10 Å². The van der Waals surface area contributed by atoms with Crippen molar-refractivity contribution >= 4 is 17.5 Å². The molecule has 0 saturated carbocycles. The van der Waals surface area contributed by atoms with Gasteiger partial charge in [0.15, 0.2) is 5.69 Å². The summed E-state index contributed by atoms with van der Waals surface area (Å²) in [5.74, 6) is -0.0514. The normalized spacial score (nSPS) is 16.0. The van der Waals surface area contributed by atoms with E-state index in [0.717, 1.165) is 35.5 Å². The third-order valence-corrected chi connectivity index (χ3v) is 6.58. The van der Waals surface area contributed by atoms with Crippen LogP contribution in [-0.2, 0) is 13.0 Å². The number of benzene rings is 2. The summed E-state index contributed by atoms with van der Waals surface area (Å²) in [7, 11) is 0. The molecule has 2 aliphatic rings. The van der Waals surface area contributed by atoms with Crippen molar-refractivity contribution in [3.8, 4) is 0 Å². The molecule has 0 radical (unpaired) electrons. The second-order valence-electron chi connectivity index (χ2n) is 9.00.